The average Bonchev–Trinajstić information content (AvgIpc) is 2.45. The van der Waals surface area contributed by atoms with Gasteiger partial charge in [-0.1, -0.05) is 22.0 Å². The Morgan fingerprint density at radius 3 is 2.73 bits per heavy atom. The molecule has 0 saturated heterocycles. The molecule has 0 fully saturated rings. The first-order chi connectivity index (χ1) is 10.4. The van der Waals surface area contributed by atoms with Crippen LogP contribution in [0.25, 0.3) is 6.08 Å². The predicted molar refractivity (Wildman–Crippen MR) is 88.5 cm³/mol. The van der Waals surface area contributed by atoms with Crippen molar-refractivity contribution in [2.75, 3.05) is 0 Å². The number of halogens is 1. The molecule has 5 nitrogen and oxygen atoms in total. The molecule has 0 aliphatic carbocycles. The number of benzene rings is 1. The summed E-state index contributed by atoms with van der Waals surface area (Å²) in [4.78, 5) is 15.9. The van der Waals surface area contributed by atoms with E-state index in [2.05, 4.69) is 20.9 Å². The number of amides is 1. The number of hydrogen-bond donors (Lipinski definition) is 1. The second-order valence-electron chi connectivity index (χ2n) is 4.52. The van der Waals surface area contributed by atoms with E-state index in [0.29, 0.717) is 16.7 Å². The van der Waals surface area contributed by atoms with Crippen molar-refractivity contribution in [1.82, 2.24) is 9.71 Å². The molecule has 0 spiro atoms. The lowest BCUT2D eigenvalue weighted by Gasteiger charge is -2.06. The van der Waals surface area contributed by atoms with Gasteiger partial charge in [0.2, 0.25) is 0 Å². The van der Waals surface area contributed by atoms with Crippen molar-refractivity contribution in [2.45, 2.75) is 6.92 Å². The van der Waals surface area contributed by atoms with Crippen LogP contribution >= 0.6 is 15.9 Å². The van der Waals surface area contributed by atoms with E-state index in [1.54, 1.807) is 43.5 Å². The zero-order valence-electron chi connectivity index (χ0n) is 11.7. The molecule has 114 valence electrons. The van der Waals surface area contributed by atoms with Crippen LogP contribution in [0.2, 0.25) is 0 Å². The molecule has 0 bridgehead atoms. The summed E-state index contributed by atoms with van der Waals surface area (Å²) in [5.74, 6) is -0.666. The van der Waals surface area contributed by atoms with E-state index >= 15 is 0 Å². The normalized spacial score (nSPS) is 11.5. The molecule has 2 aromatic rings. The van der Waals surface area contributed by atoms with E-state index < -0.39 is 15.9 Å². The molecule has 1 aromatic heterocycles. The van der Waals surface area contributed by atoms with E-state index in [9.17, 15) is 13.2 Å². The lowest BCUT2D eigenvalue weighted by atomic mass is 10.1. The van der Waals surface area contributed by atoms with E-state index in [-0.39, 0.29) is 0 Å². The fraction of sp³-hybridized carbons (Fsp3) is 0.0667. The van der Waals surface area contributed by atoms with Crippen LogP contribution in [0, 0.1) is 6.92 Å². The van der Waals surface area contributed by atoms with E-state index in [0.717, 1.165) is 9.88 Å². The van der Waals surface area contributed by atoms with Crippen molar-refractivity contribution in [2.24, 2.45) is 0 Å². The highest BCUT2D eigenvalue weighted by Gasteiger charge is 2.15. The Morgan fingerprint density at radius 1 is 1.32 bits per heavy atom. The maximum absolute atomic E-state index is 12.1. The lowest BCUT2D eigenvalue weighted by molar-refractivity contribution is 0.0981. The van der Waals surface area contributed by atoms with Gasteiger partial charge in [0.25, 0.3) is 15.9 Å². The molecule has 1 N–H and O–H groups in total. The van der Waals surface area contributed by atoms with Gasteiger partial charge in [-0.3, -0.25) is 9.78 Å². The third kappa shape index (κ3) is 4.51. The topological polar surface area (TPSA) is 76.1 Å². The highest BCUT2D eigenvalue weighted by molar-refractivity contribution is 9.10. The number of pyridine rings is 1. The van der Waals surface area contributed by atoms with Crippen LogP contribution in [0.4, 0.5) is 0 Å². The molecule has 0 unspecified atom stereocenters. The van der Waals surface area contributed by atoms with Gasteiger partial charge < -0.3 is 0 Å². The largest absolute Gasteiger partial charge is 0.268 e. The number of hydrogen-bond acceptors (Lipinski definition) is 4. The fourth-order valence-electron chi connectivity index (χ4n) is 1.74. The van der Waals surface area contributed by atoms with Crippen molar-refractivity contribution in [1.29, 1.82) is 0 Å². The van der Waals surface area contributed by atoms with E-state index in [4.69, 9.17) is 0 Å². The molecule has 1 aromatic carbocycles. The Morgan fingerprint density at radius 2 is 2.09 bits per heavy atom. The van der Waals surface area contributed by atoms with Crippen LogP contribution < -0.4 is 4.72 Å². The minimum Gasteiger partial charge on any atom is -0.268 e. The summed E-state index contributed by atoms with van der Waals surface area (Å²) in [6, 6.07) is 8.39. The summed E-state index contributed by atoms with van der Waals surface area (Å²) >= 11 is 3.29. The first-order valence-corrected chi connectivity index (χ1v) is 8.63. The summed E-state index contributed by atoms with van der Waals surface area (Å²) in [5, 5.41) is 0.941. The SMILES string of the molecule is Cc1cc(Br)ccc1C(=O)NS(=O)(=O)/C=C/c1cccnc1. The zero-order valence-corrected chi connectivity index (χ0v) is 14.1. The number of rotatable bonds is 4. The van der Waals surface area contributed by atoms with Crippen molar-refractivity contribution < 1.29 is 13.2 Å². The van der Waals surface area contributed by atoms with Gasteiger partial charge in [-0.15, -0.1) is 0 Å². The monoisotopic (exact) mass is 380 g/mol. The van der Waals surface area contributed by atoms with Crippen LogP contribution in [0.1, 0.15) is 21.5 Å². The van der Waals surface area contributed by atoms with E-state index in [1.165, 1.54) is 12.3 Å². The maximum Gasteiger partial charge on any atom is 0.265 e. The van der Waals surface area contributed by atoms with Gasteiger partial charge in [0, 0.05) is 22.4 Å². The Kier molecular flexibility index (Phi) is 5.10. The summed E-state index contributed by atoms with van der Waals surface area (Å²) < 4.78 is 26.7. The summed E-state index contributed by atoms with van der Waals surface area (Å²) in [6.45, 7) is 1.73. The third-order valence-electron chi connectivity index (χ3n) is 2.79. The Balaban J connectivity index is 2.14. The number of carbonyl (C=O) groups excluding carboxylic acids is 1. The second-order valence-corrected chi connectivity index (χ2v) is 7.01. The number of carbonyl (C=O) groups is 1. The van der Waals surface area contributed by atoms with Crippen molar-refractivity contribution in [3.63, 3.8) is 0 Å². The second kappa shape index (κ2) is 6.85. The van der Waals surface area contributed by atoms with Gasteiger partial charge in [-0.05, 0) is 48.4 Å². The molecule has 0 saturated carbocycles. The molecule has 2 rings (SSSR count). The molecule has 1 heterocycles. The lowest BCUT2D eigenvalue weighted by Crippen LogP contribution is -2.29. The Hall–Kier alpha value is -1.99. The highest BCUT2D eigenvalue weighted by Crippen LogP contribution is 2.16. The zero-order chi connectivity index (χ0) is 16.2. The van der Waals surface area contributed by atoms with Crippen LogP contribution in [-0.2, 0) is 10.0 Å². The summed E-state index contributed by atoms with van der Waals surface area (Å²) in [5.41, 5.74) is 1.61. The van der Waals surface area contributed by atoms with E-state index in [1.807, 2.05) is 4.72 Å². The van der Waals surface area contributed by atoms with Gasteiger partial charge >= 0.3 is 0 Å². The number of nitrogens with one attached hydrogen (secondary N) is 1. The molecule has 0 aliphatic heterocycles. The smallest absolute Gasteiger partial charge is 0.265 e. The van der Waals surface area contributed by atoms with Gasteiger partial charge in [0.1, 0.15) is 0 Å². The number of sulfonamides is 1. The van der Waals surface area contributed by atoms with Crippen LogP contribution in [0.5, 0.6) is 0 Å². The molecule has 0 aliphatic rings. The molecule has 7 heteroatoms. The van der Waals surface area contributed by atoms with Gasteiger partial charge in [0.15, 0.2) is 0 Å². The fourth-order valence-corrected chi connectivity index (χ4v) is 2.99. The van der Waals surface area contributed by atoms with Crippen LogP contribution in [0.3, 0.4) is 0 Å². The average molecular weight is 381 g/mol. The van der Waals surface area contributed by atoms with Gasteiger partial charge in [-0.25, -0.2) is 13.1 Å². The van der Waals surface area contributed by atoms with Crippen molar-refractivity contribution in [3.05, 3.63) is 69.3 Å². The molecule has 0 atom stereocenters. The minimum atomic E-state index is -3.87. The van der Waals surface area contributed by atoms with Crippen molar-refractivity contribution in [3.8, 4) is 0 Å². The highest BCUT2D eigenvalue weighted by atomic mass is 79.9. The predicted octanol–water partition coefficient (Wildman–Crippen LogP) is 2.88. The Bertz CT molecular complexity index is 818. The summed E-state index contributed by atoms with van der Waals surface area (Å²) in [6.07, 6.45) is 4.48. The minimum absolute atomic E-state index is 0.307. The van der Waals surface area contributed by atoms with Crippen LogP contribution in [-0.4, -0.2) is 19.3 Å². The number of aromatic nitrogens is 1. The first-order valence-electron chi connectivity index (χ1n) is 6.29. The standard InChI is InChI=1S/C15H13BrN2O3S/c1-11-9-13(16)4-5-14(11)15(19)18-22(20,21)8-6-12-3-2-7-17-10-12/h2-10H,1H3,(H,18,19)/b8-6+. The first kappa shape index (κ1) is 16.4. The molecule has 1 amide bonds. The maximum atomic E-state index is 12.1. The quantitative estimate of drug-likeness (QED) is 0.884. The third-order valence-corrected chi connectivity index (χ3v) is 4.25. The van der Waals surface area contributed by atoms with Crippen LogP contribution in [0.15, 0.2) is 52.6 Å². The molecule has 22 heavy (non-hydrogen) atoms. The molecular formula is C15H13BrN2O3S. The molecular weight excluding hydrogens is 368 g/mol. The van der Waals surface area contributed by atoms with Gasteiger partial charge in [0.05, 0.1) is 5.41 Å². The summed E-state index contributed by atoms with van der Waals surface area (Å²) in [7, 11) is -3.87. The number of aryl methyl sites for hydroxylation is 1. The molecule has 0 radical (unpaired) electrons. The van der Waals surface area contributed by atoms with Crippen molar-refractivity contribution >= 4 is 37.9 Å². The number of nitrogens with zero attached hydrogens (tertiary/aromatic N) is 1. The Labute approximate surface area is 137 Å². The van der Waals surface area contributed by atoms with Gasteiger partial charge in [-0.2, -0.15) is 0 Å².